The number of esters is 2. The van der Waals surface area contributed by atoms with Gasteiger partial charge in [-0.25, -0.2) is 4.79 Å². The molecular weight excluding hydrogens is 326 g/mol. The molecule has 0 N–H and O–H groups in total. The average molecular weight is 347 g/mol. The van der Waals surface area contributed by atoms with Gasteiger partial charge in [0.2, 0.25) is 0 Å². The molecule has 2 aromatic rings. The number of aromatic nitrogens is 1. The zero-order valence-corrected chi connectivity index (χ0v) is 14.7. The van der Waals surface area contributed by atoms with Gasteiger partial charge in [0.1, 0.15) is 18.1 Å². The predicted octanol–water partition coefficient (Wildman–Crippen LogP) is 2.52. The normalized spacial score (nSPS) is 11.7. The van der Waals surface area contributed by atoms with Crippen LogP contribution in [0.15, 0.2) is 28.8 Å². The number of ether oxygens (including phenoxy) is 3. The van der Waals surface area contributed by atoms with E-state index in [1.807, 2.05) is 13.8 Å². The van der Waals surface area contributed by atoms with Crippen LogP contribution in [0, 0.1) is 13.8 Å². The number of hydrogen-bond donors (Lipinski definition) is 0. The molecule has 1 heterocycles. The molecule has 0 fully saturated rings. The summed E-state index contributed by atoms with van der Waals surface area (Å²) in [5, 5.41) is 3.88. The van der Waals surface area contributed by atoms with Crippen LogP contribution < -0.4 is 4.74 Å². The van der Waals surface area contributed by atoms with Crippen LogP contribution in [0.2, 0.25) is 0 Å². The van der Waals surface area contributed by atoms with E-state index in [1.54, 1.807) is 24.3 Å². The number of rotatable bonds is 7. The molecule has 1 aromatic carbocycles. The summed E-state index contributed by atoms with van der Waals surface area (Å²) in [7, 11) is 1.24. The third-order valence-electron chi connectivity index (χ3n) is 3.68. The highest BCUT2D eigenvalue weighted by Crippen LogP contribution is 2.18. The molecule has 0 aliphatic rings. The van der Waals surface area contributed by atoms with Gasteiger partial charge in [-0.3, -0.25) is 4.79 Å². The summed E-state index contributed by atoms with van der Waals surface area (Å²) in [6, 6.07) is 7.08. The van der Waals surface area contributed by atoms with Gasteiger partial charge in [-0.15, -0.1) is 0 Å². The van der Waals surface area contributed by atoms with Crippen LogP contribution >= 0.6 is 0 Å². The van der Waals surface area contributed by atoms with E-state index >= 15 is 0 Å². The molecule has 7 heteroatoms. The maximum absolute atomic E-state index is 11.8. The van der Waals surface area contributed by atoms with E-state index in [0.717, 1.165) is 22.6 Å². The van der Waals surface area contributed by atoms with E-state index in [0.29, 0.717) is 12.4 Å². The molecule has 1 unspecified atom stereocenters. The van der Waals surface area contributed by atoms with Crippen LogP contribution in [-0.2, 0) is 32.1 Å². The van der Waals surface area contributed by atoms with Crippen LogP contribution in [0.25, 0.3) is 0 Å². The topological polar surface area (TPSA) is 87.9 Å². The third kappa shape index (κ3) is 5.07. The highest BCUT2D eigenvalue weighted by molar-refractivity contribution is 5.79. The molecular formula is C18H21NO6. The van der Waals surface area contributed by atoms with Crippen LogP contribution in [0.3, 0.4) is 0 Å². The smallest absolute Gasteiger partial charge is 0.346 e. The summed E-state index contributed by atoms with van der Waals surface area (Å²) >= 11 is 0. The Morgan fingerprint density at radius 3 is 2.44 bits per heavy atom. The van der Waals surface area contributed by atoms with Crippen molar-refractivity contribution in [2.75, 3.05) is 7.11 Å². The Morgan fingerprint density at radius 2 is 1.88 bits per heavy atom. The first-order chi connectivity index (χ1) is 11.9. The molecule has 0 saturated carbocycles. The number of hydrogen-bond acceptors (Lipinski definition) is 7. The fourth-order valence-corrected chi connectivity index (χ4v) is 2.19. The second kappa shape index (κ2) is 8.32. The molecule has 1 aromatic heterocycles. The first-order valence-electron chi connectivity index (χ1n) is 7.81. The summed E-state index contributed by atoms with van der Waals surface area (Å²) in [6.07, 6.45) is -0.860. The van der Waals surface area contributed by atoms with Crippen LogP contribution in [0.5, 0.6) is 5.75 Å². The molecule has 134 valence electrons. The minimum absolute atomic E-state index is 0.0610. The van der Waals surface area contributed by atoms with Gasteiger partial charge in [0, 0.05) is 0 Å². The Hall–Kier alpha value is -2.83. The van der Waals surface area contributed by atoms with Crippen molar-refractivity contribution >= 4 is 11.9 Å². The van der Waals surface area contributed by atoms with Gasteiger partial charge >= 0.3 is 11.9 Å². The van der Waals surface area contributed by atoms with Crippen molar-refractivity contribution in [3.05, 3.63) is 46.8 Å². The maximum Gasteiger partial charge on any atom is 0.346 e. The Morgan fingerprint density at radius 1 is 1.20 bits per heavy atom. The summed E-state index contributed by atoms with van der Waals surface area (Å²) in [5.74, 6) is 0.315. The molecule has 0 spiro atoms. The van der Waals surface area contributed by atoms with Crippen molar-refractivity contribution in [2.45, 2.75) is 39.9 Å². The lowest BCUT2D eigenvalue weighted by Gasteiger charge is -2.11. The zero-order valence-electron chi connectivity index (χ0n) is 14.7. The molecule has 0 bridgehead atoms. The van der Waals surface area contributed by atoms with Gasteiger partial charge in [0.15, 0.2) is 6.10 Å². The summed E-state index contributed by atoms with van der Waals surface area (Å²) in [6.45, 7) is 5.52. The van der Waals surface area contributed by atoms with E-state index in [9.17, 15) is 9.59 Å². The van der Waals surface area contributed by atoms with Gasteiger partial charge in [-0.05, 0) is 38.5 Å². The van der Waals surface area contributed by atoms with Gasteiger partial charge in [-0.2, -0.15) is 0 Å². The van der Waals surface area contributed by atoms with E-state index in [2.05, 4.69) is 9.89 Å². The molecule has 0 aliphatic carbocycles. The molecule has 25 heavy (non-hydrogen) atoms. The van der Waals surface area contributed by atoms with Gasteiger partial charge in [-0.1, -0.05) is 17.3 Å². The third-order valence-corrected chi connectivity index (χ3v) is 3.68. The lowest BCUT2D eigenvalue weighted by Crippen LogP contribution is -2.26. The van der Waals surface area contributed by atoms with Crippen LogP contribution in [-0.4, -0.2) is 30.3 Å². The van der Waals surface area contributed by atoms with Crippen molar-refractivity contribution < 1.29 is 28.3 Å². The first kappa shape index (κ1) is 18.5. The number of methoxy groups -OCH3 is 1. The maximum atomic E-state index is 11.8. The number of carbonyl (C=O) groups is 2. The second-order valence-electron chi connectivity index (χ2n) is 5.57. The zero-order chi connectivity index (χ0) is 18.4. The monoisotopic (exact) mass is 347 g/mol. The number of nitrogens with zero attached hydrogens (tertiary/aromatic N) is 1. The Balaban J connectivity index is 1.87. The lowest BCUT2D eigenvalue weighted by molar-refractivity contribution is -0.164. The van der Waals surface area contributed by atoms with Gasteiger partial charge in [0.25, 0.3) is 0 Å². The van der Waals surface area contributed by atoms with Crippen molar-refractivity contribution in [1.82, 2.24) is 5.16 Å². The molecule has 0 radical (unpaired) electrons. The van der Waals surface area contributed by atoms with Crippen LogP contribution in [0.1, 0.15) is 29.5 Å². The Labute approximate surface area is 145 Å². The van der Waals surface area contributed by atoms with Crippen molar-refractivity contribution in [1.29, 1.82) is 0 Å². The van der Waals surface area contributed by atoms with Crippen LogP contribution in [0.4, 0.5) is 0 Å². The quantitative estimate of drug-likeness (QED) is 0.711. The number of aryl methyl sites for hydroxylation is 2. The SMILES string of the molecule is COC(=O)C(C)OC(=O)Cc1ccc(OCc2c(C)noc2C)cc1. The van der Waals surface area contributed by atoms with E-state index < -0.39 is 18.0 Å². The summed E-state index contributed by atoms with van der Waals surface area (Å²) < 4.78 is 20.3. The summed E-state index contributed by atoms with van der Waals surface area (Å²) in [5.41, 5.74) is 2.48. The Bertz CT molecular complexity index is 715. The molecule has 1 atom stereocenters. The largest absolute Gasteiger partial charge is 0.489 e. The fraction of sp³-hybridized carbons (Fsp3) is 0.389. The molecule has 0 saturated heterocycles. The second-order valence-corrected chi connectivity index (χ2v) is 5.57. The number of carbonyl (C=O) groups excluding carboxylic acids is 2. The van der Waals surface area contributed by atoms with Crippen molar-refractivity contribution in [3.63, 3.8) is 0 Å². The van der Waals surface area contributed by atoms with Crippen molar-refractivity contribution in [3.8, 4) is 5.75 Å². The van der Waals surface area contributed by atoms with Gasteiger partial charge in [0.05, 0.1) is 24.8 Å². The Kier molecular flexibility index (Phi) is 6.16. The standard InChI is InChI=1S/C18H21NO6/c1-11-16(12(2)25-19-11)10-23-15-7-5-14(6-8-15)9-17(20)24-13(3)18(21)22-4/h5-8,13H,9-10H2,1-4H3. The van der Waals surface area contributed by atoms with E-state index in [-0.39, 0.29) is 6.42 Å². The minimum Gasteiger partial charge on any atom is -0.489 e. The molecule has 7 nitrogen and oxygen atoms in total. The predicted molar refractivity (Wildman–Crippen MR) is 88.0 cm³/mol. The van der Waals surface area contributed by atoms with Crippen molar-refractivity contribution in [2.24, 2.45) is 0 Å². The fourth-order valence-electron chi connectivity index (χ4n) is 2.19. The first-order valence-corrected chi connectivity index (χ1v) is 7.81. The highest BCUT2D eigenvalue weighted by atomic mass is 16.6. The molecule has 0 aliphatic heterocycles. The minimum atomic E-state index is -0.921. The number of benzene rings is 1. The summed E-state index contributed by atoms with van der Waals surface area (Å²) in [4.78, 5) is 23.0. The lowest BCUT2D eigenvalue weighted by atomic mass is 10.1. The van der Waals surface area contributed by atoms with E-state index in [4.69, 9.17) is 14.0 Å². The molecule has 0 amide bonds. The molecule has 2 rings (SSSR count). The van der Waals surface area contributed by atoms with Gasteiger partial charge < -0.3 is 18.7 Å². The average Bonchev–Trinajstić information content (AvgIpc) is 2.91. The van der Waals surface area contributed by atoms with E-state index in [1.165, 1.54) is 14.0 Å². The highest BCUT2D eigenvalue weighted by Gasteiger charge is 2.18.